The molecule has 0 aliphatic heterocycles. The molecule has 0 aromatic heterocycles. The molecule has 1 atom stereocenters. The molecule has 0 aliphatic carbocycles. The Morgan fingerprint density at radius 3 is 2.36 bits per heavy atom. The van der Waals surface area contributed by atoms with Gasteiger partial charge < -0.3 is 14.2 Å². The van der Waals surface area contributed by atoms with Gasteiger partial charge in [-0.1, -0.05) is 18.2 Å². The second-order valence-electron chi connectivity index (χ2n) is 5.11. The summed E-state index contributed by atoms with van der Waals surface area (Å²) in [6.07, 6.45) is -0.578. The van der Waals surface area contributed by atoms with Crippen LogP contribution in [0.5, 0.6) is 11.5 Å². The highest BCUT2D eigenvalue weighted by Gasteiger charge is 2.23. The number of sulfonamides is 1. The molecular weight excluding hydrogens is 349 g/mol. The van der Waals surface area contributed by atoms with Crippen molar-refractivity contribution in [2.45, 2.75) is 11.0 Å². The van der Waals surface area contributed by atoms with E-state index in [9.17, 15) is 12.8 Å². The average Bonchev–Trinajstić information content (AvgIpc) is 2.62. The van der Waals surface area contributed by atoms with Crippen LogP contribution in [0.3, 0.4) is 0 Å². The molecule has 1 unspecified atom stereocenters. The average molecular weight is 369 g/mol. The van der Waals surface area contributed by atoms with Crippen LogP contribution in [0.25, 0.3) is 0 Å². The molecule has 2 aromatic carbocycles. The first-order valence-electron chi connectivity index (χ1n) is 7.42. The van der Waals surface area contributed by atoms with Crippen LogP contribution in [0.2, 0.25) is 0 Å². The van der Waals surface area contributed by atoms with E-state index >= 15 is 0 Å². The fourth-order valence-electron chi connectivity index (χ4n) is 2.38. The lowest BCUT2D eigenvalue weighted by atomic mass is 10.1. The van der Waals surface area contributed by atoms with E-state index in [0.717, 1.165) is 12.1 Å². The number of methoxy groups -OCH3 is 3. The van der Waals surface area contributed by atoms with E-state index < -0.39 is 21.9 Å². The molecule has 0 saturated carbocycles. The Kier molecular flexibility index (Phi) is 6.35. The summed E-state index contributed by atoms with van der Waals surface area (Å²) >= 11 is 0. The van der Waals surface area contributed by atoms with Gasteiger partial charge in [0, 0.05) is 19.2 Å². The molecule has 2 rings (SSSR count). The van der Waals surface area contributed by atoms with Gasteiger partial charge in [0.25, 0.3) is 0 Å². The van der Waals surface area contributed by atoms with Crippen molar-refractivity contribution in [2.75, 3.05) is 27.9 Å². The molecule has 0 bridgehead atoms. The van der Waals surface area contributed by atoms with Crippen molar-refractivity contribution in [2.24, 2.45) is 0 Å². The first-order valence-corrected chi connectivity index (χ1v) is 8.90. The molecule has 2 aromatic rings. The second kappa shape index (κ2) is 8.28. The lowest BCUT2D eigenvalue weighted by Crippen LogP contribution is -2.29. The summed E-state index contributed by atoms with van der Waals surface area (Å²) in [6.45, 7) is -0.0567. The molecule has 136 valence electrons. The monoisotopic (exact) mass is 369 g/mol. The first kappa shape index (κ1) is 19.2. The molecule has 0 radical (unpaired) electrons. The summed E-state index contributed by atoms with van der Waals surface area (Å²) in [6, 6.07) is 10.4. The Balaban J connectivity index is 2.25. The Morgan fingerprint density at radius 1 is 1.04 bits per heavy atom. The van der Waals surface area contributed by atoms with Crippen LogP contribution in [0.15, 0.2) is 47.4 Å². The van der Waals surface area contributed by atoms with E-state index in [-0.39, 0.29) is 17.2 Å². The summed E-state index contributed by atoms with van der Waals surface area (Å²) in [7, 11) is 0.312. The first-order chi connectivity index (χ1) is 11.9. The van der Waals surface area contributed by atoms with Crippen LogP contribution < -0.4 is 14.2 Å². The molecule has 0 spiro atoms. The van der Waals surface area contributed by atoms with Gasteiger partial charge >= 0.3 is 0 Å². The number of halogens is 1. The number of ether oxygens (including phenoxy) is 3. The van der Waals surface area contributed by atoms with Gasteiger partial charge in [0.2, 0.25) is 10.0 Å². The Bertz CT molecular complexity index is 826. The van der Waals surface area contributed by atoms with Crippen LogP contribution in [0.1, 0.15) is 11.7 Å². The van der Waals surface area contributed by atoms with Crippen molar-refractivity contribution in [1.29, 1.82) is 0 Å². The lowest BCUT2D eigenvalue weighted by Gasteiger charge is -2.19. The fraction of sp³-hybridized carbons (Fsp3) is 0.294. The Hall–Kier alpha value is -2.16. The van der Waals surface area contributed by atoms with Crippen molar-refractivity contribution in [3.63, 3.8) is 0 Å². The zero-order valence-corrected chi connectivity index (χ0v) is 15.0. The largest absolute Gasteiger partial charge is 0.496 e. The van der Waals surface area contributed by atoms with Crippen LogP contribution in [0, 0.1) is 5.82 Å². The quantitative estimate of drug-likeness (QED) is 0.774. The van der Waals surface area contributed by atoms with Crippen molar-refractivity contribution in [3.8, 4) is 11.5 Å². The molecule has 25 heavy (non-hydrogen) atoms. The van der Waals surface area contributed by atoms with Crippen LogP contribution in [-0.4, -0.2) is 36.3 Å². The van der Waals surface area contributed by atoms with Crippen LogP contribution in [0.4, 0.5) is 4.39 Å². The third kappa shape index (κ3) is 4.47. The Morgan fingerprint density at radius 2 is 1.72 bits per heavy atom. The van der Waals surface area contributed by atoms with E-state index in [1.165, 1.54) is 27.4 Å². The second-order valence-corrected chi connectivity index (χ2v) is 6.85. The van der Waals surface area contributed by atoms with Gasteiger partial charge in [-0.25, -0.2) is 17.5 Å². The molecule has 6 nitrogen and oxygen atoms in total. The molecular formula is C17H20FNO5S. The topological polar surface area (TPSA) is 73.9 Å². The van der Waals surface area contributed by atoms with Gasteiger partial charge in [-0.05, 0) is 24.3 Å². The SMILES string of the molecule is COc1ccccc1C(CNS(=O)(=O)c1cc(F)ccc1OC)OC. The van der Waals surface area contributed by atoms with E-state index in [1.54, 1.807) is 24.3 Å². The van der Waals surface area contributed by atoms with E-state index in [2.05, 4.69) is 4.72 Å². The number of hydrogen-bond acceptors (Lipinski definition) is 5. The normalized spacial score (nSPS) is 12.6. The molecule has 0 amide bonds. The summed E-state index contributed by atoms with van der Waals surface area (Å²) < 4.78 is 56.6. The van der Waals surface area contributed by atoms with Crippen molar-refractivity contribution in [1.82, 2.24) is 4.72 Å². The molecule has 0 aliphatic rings. The van der Waals surface area contributed by atoms with Gasteiger partial charge in [-0.2, -0.15) is 0 Å². The smallest absolute Gasteiger partial charge is 0.244 e. The lowest BCUT2D eigenvalue weighted by molar-refractivity contribution is 0.105. The number of hydrogen-bond donors (Lipinski definition) is 1. The number of para-hydroxylation sites is 1. The van der Waals surface area contributed by atoms with E-state index in [0.29, 0.717) is 11.3 Å². The van der Waals surface area contributed by atoms with Crippen molar-refractivity contribution in [3.05, 3.63) is 53.8 Å². The molecule has 0 saturated heterocycles. The maximum atomic E-state index is 13.5. The van der Waals surface area contributed by atoms with Crippen LogP contribution in [-0.2, 0) is 14.8 Å². The van der Waals surface area contributed by atoms with Crippen molar-refractivity contribution >= 4 is 10.0 Å². The summed E-state index contributed by atoms with van der Waals surface area (Å²) in [5, 5.41) is 0. The predicted molar refractivity (Wildman–Crippen MR) is 90.9 cm³/mol. The predicted octanol–water partition coefficient (Wildman–Crippen LogP) is 2.51. The van der Waals surface area contributed by atoms with Gasteiger partial charge in [-0.3, -0.25) is 0 Å². The minimum atomic E-state index is -3.99. The minimum absolute atomic E-state index is 0.0557. The maximum Gasteiger partial charge on any atom is 0.244 e. The summed E-state index contributed by atoms with van der Waals surface area (Å²) in [4.78, 5) is -0.273. The fourth-order valence-corrected chi connectivity index (χ4v) is 3.59. The van der Waals surface area contributed by atoms with Gasteiger partial charge in [0.05, 0.1) is 20.3 Å². The zero-order chi connectivity index (χ0) is 18.4. The standard InChI is InChI=1S/C17H20FNO5S/c1-22-14-7-5-4-6-13(14)16(24-3)11-19-25(20,21)17-10-12(18)8-9-15(17)23-2/h4-10,16,19H,11H2,1-3H3. The van der Waals surface area contributed by atoms with Crippen molar-refractivity contribution < 1.29 is 27.0 Å². The minimum Gasteiger partial charge on any atom is -0.496 e. The molecule has 1 N–H and O–H groups in total. The third-order valence-corrected chi connectivity index (χ3v) is 5.09. The highest BCUT2D eigenvalue weighted by Crippen LogP contribution is 2.28. The molecule has 8 heteroatoms. The summed E-state index contributed by atoms with van der Waals surface area (Å²) in [5.41, 5.74) is 0.696. The van der Waals surface area contributed by atoms with E-state index in [4.69, 9.17) is 14.2 Å². The number of nitrogens with one attached hydrogen (secondary N) is 1. The maximum absolute atomic E-state index is 13.5. The Labute approximate surface area is 146 Å². The van der Waals surface area contributed by atoms with Gasteiger partial charge in [0.15, 0.2) is 0 Å². The van der Waals surface area contributed by atoms with E-state index in [1.807, 2.05) is 0 Å². The highest BCUT2D eigenvalue weighted by molar-refractivity contribution is 7.89. The summed E-state index contributed by atoms with van der Waals surface area (Å²) in [5.74, 6) is -0.0359. The van der Waals surface area contributed by atoms with Crippen LogP contribution >= 0.6 is 0 Å². The van der Waals surface area contributed by atoms with Gasteiger partial charge in [0.1, 0.15) is 22.2 Å². The highest BCUT2D eigenvalue weighted by atomic mass is 32.2. The zero-order valence-electron chi connectivity index (χ0n) is 14.2. The molecule has 0 heterocycles. The number of benzene rings is 2. The third-order valence-electron chi connectivity index (χ3n) is 3.64. The number of rotatable bonds is 8. The van der Waals surface area contributed by atoms with Gasteiger partial charge in [-0.15, -0.1) is 0 Å². The molecule has 0 fully saturated rings.